The second kappa shape index (κ2) is 7.93. The molecule has 0 aliphatic rings. The summed E-state index contributed by atoms with van der Waals surface area (Å²) in [7, 11) is 1.39. The SMILES string of the molecule is CNC(=O)NC(=O)[C@H](C)OC(=O)CCc1ccccc1. The molecular formula is C14H18N2O4. The monoisotopic (exact) mass is 278 g/mol. The third kappa shape index (κ3) is 5.51. The van der Waals surface area contributed by atoms with Gasteiger partial charge in [-0.3, -0.25) is 14.9 Å². The number of urea groups is 1. The lowest BCUT2D eigenvalue weighted by Crippen LogP contribution is -2.43. The van der Waals surface area contributed by atoms with Crippen molar-refractivity contribution in [3.05, 3.63) is 35.9 Å². The zero-order valence-electron chi connectivity index (χ0n) is 11.5. The van der Waals surface area contributed by atoms with Gasteiger partial charge in [0.2, 0.25) is 0 Å². The van der Waals surface area contributed by atoms with Crippen molar-refractivity contribution in [3.63, 3.8) is 0 Å². The topological polar surface area (TPSA) is 84.5 Å². The molecule has 1 aromatic carbocycles. The van der Waals surface area contributed by atoms with Crippen LogP contribution in [0.3, 0.4) is 0 Å². The fourth-order valence-electron chi connectivity index (χ4n) is 1.48. The van der Waals surface area contributed by atoms with Crippen LogP contribution < -0.4 is 10.6 Å². The van der Waals surface area contributed by atoms with E-state index in [9.17, 15) is 14.4 Å². The molecule has 0 saturated heterocycles. The van der Waals surface area contributed by atoms with Crippen LogP contribution in [0.15, 0.2) is 30.3 Å². The molecule has 2 N–H and O–H groups in total. The Morgan fingerprint density at radius 3 is 2.45 bits per heavy atom. The smallest absolute Gasteiger partial charge is 0.321 e. The molecule has 0 radical (unpaired) electrons. The molecule has 0 aliphatic carbocycles. The average molecular weight is 278 g/mol. The molecule has 1 rings (SSSR count). The lowest BCUT2D eigenvalue weighted by Gasteiger charge is -2.12. The highest BCUT2D eigenvalue weighted by atomic mass is 16.5. The van der Waals surface area contributed by atoms with Crippen LogP contribution in [0.25, 0.3) is 0 Å². The third-order valence-electron chi connectivity index (χ3n) is 2.60. The Bertz CT molecular complexity index is 473. The van der Waals surface area contributed by atoms with Gasteiger partial charge in [-0.1, -0.05) is 30.3 Å². The van der Waals surface area contributed by atoms with E-state index in [1.165, 1.54) is 14.0 Å². The first-order valence-electron chi connectivity index (χ1n) is 6.29. The Morgan fingerprint density at radius 1 is 1.20 bits per heavy atom. The predicted octanol–water partition coefficient (Wildman–Crippen LogP) is 1.01. The van der Waals surface area contributed by atoms with Crippen LogP contribution in [0.2, 0.25) is 0 Å². The van der Waals surface area contributed by atoms with Crippen LogP contribution in [-0.2, 0) is 20.7 Å². The van der Waals surface area contributed by atoms with Crippen molar-refractivity contribution < 1.29 is 19.1 Å². The molecule has 0 aliphatic heterocycles. The van der Waals surface area contributed by atoms with E-state index in [4.69, 9.17) is 4.74 Å². The summed E-state index contributed by atoms with van der Waals surface area (Å²) in [5.41, 5.74) is 1.02. The Labute approximate surface area is 117 Å². The molecule has 0 spiro atoms. The van der Waals surface area contributed by atoms with E-state index in [1.807, 2.05) is 35.6 Å². The number of benzene rings is 1. The van der Waals surface area contributed by atoms with E-state index >= 15 is 0 Å². The van der Waals surface area contributed by atoms with E-state index in [1.54, 1.807) is 0 Å². The van der Waals surface area contributed by atoms with Crippen molar-refractivity contribution >= 4 is 17.9 Å². The van der Waals surface area contributed by atoms with Gasteiger partial charge in [0, 0.05) is 13.5 Å². The Balaban J connectivity index is 2.34. The van der Waals surface area contributed by atoms with Crippen LogP contribution in [0.5, 0.6) is 0 Å². The number of amides is 3. The summed E-state index contributed by atoms with van der Waals surface area (Å²) < 4.78 is 4.95. The largest absolute Gasteiger partial charge is 0.453 e. The second-order valence-corrected chi connectivity index (χ2v) is 4.19. The van der Waals surface area contributed by atoms with Crippen LogP contribution in [-0.4, -0.2) is 31.1 Å². The number of hydrogen-bond acceptors (Lipinski definition) is 4. The summed E-state index contributed by atoms with van der Waals surface area (Å²) in [5.74, 6) is -1.13. The fourth-order valence-corrected chi connectivity index (χ4v) is 1.48. The van der Waals surface area contributed by atoms with Crippen molar-refractivity contribution in [2.45, 2.75) is 25.9 Å². The fraction of sp³-hybridized carbons (Fsp3) is 0.357. The highest BCUT2D eigenvalue weighted by molar-refractivity contribution is 5.96. The van der Waals surface area contributed by atoms with Gasteiger partial charge in [-0.2, -0.15) is 0 Å². The maximum atomic E-state index is 11.6. The molecule has 1 atom stereocenters. The van der Waals surface area contributed by atoms with Crippen LogP contribution in [0.1, 0.15) is 18.9 Å². The maximum absolute atomic E-state index is 11.6. The predicted molar refractivity (Wildman–Crippen MR) is 72.9 cm³/mol. The number of hydrogen-bond donors (Lipinski definition) is 2. The number of carbonyl (C=O) groups excluding carboxylic acids is 3. The van der Waals surface area contributed by atoms with Crippen molar-refractivity contribution in [1.29, 1.82) is 0 Å². The van der Waals surface area contributed by atoms with Crippen LogP contribution in [0.4, 0.5) is 4.79 Å². The zero-order valence-corrected chi connectivity index (χ0v) is 11.5. The van der Waals surface area contributed by atoms with Gasteiger partial charge in [-0.15, -0.1) is 0 Å². The van der Waals surface area contributed by atoms with Crippen LogP contribution in [0, 0.1) is 0 Å². The molecule has 6 nitrogen and oxygen atoms in total. The third-order valence-corrected chi connectivity index (χ3v) is 2.60. The summed E-state index contributed by atoms with van der Waals surface area (Å²) in [4.78, 5) is 34.0. The molecule has 20 heavy (non-hydrogen) atoms. The summed E-state index contributed by atoms with van der Waals surface area (Å²) in [6.45, 7) is 1.42. The first kappa shape index (κ1) is 15.7. The molecule has 0 fully saturated rings. The van der Waals surface area contributed by atoms with E-state index in [0.717, 1.165) is 5.56 Å². The van der Waals surface area contributed by atoms with Gasteiger partial charge >= 0.3 is 12.0 Å². The van der Waals surface area contributed by atoms with Crippen LogP contribution >= 0.6 is 0 Å². The highest BCUT2D eigenvalue weighted by Gasteiger charge is 2.19. The first-order valence-corrected chi connectivity index (χ1v) is 6.29. The van der Waals surface area contributed by atoms with Crippen molar-refractivity contribution in [3.8, 4) is 0 Å². The lowest BCUT2D eigenvalue weighted by atomic mass is 10.1. The van der Waals surface area contributed by atoms with Crippen molar-refractivity contribution in [2.24, 2.45) is 0 Å². The summed E-state index contributed by atoms with van der Waals surface area (Å²) >= 11 is 0. The number of imide groups is 1. The van der Waals surface area contributed by atoms with Gasteiger partial charge in [0.1, 0.15) is 0 Å². The Hall–Kier alpha value is -2.37. The maximum Gasteiger partial charge on any atom is 0.321 e. The van der Waals surface area contributed by atoms with Gasteiger partial charge in [0.25, 0.3) is 5.91 Å². The molecule has 0 saturated carbocycles. The van der Waals surface area contributed by atoms with Gasteiger partial charge < -0.3 is 10.1 Å². The molecule has 0 aromatic heterocycles. The standard InChI is InChI=1S/C14H18N2O4/c1-10(13(18)16-14(19)15-2)20-12(17)9-8-11-6-4-3-5-7-11/h3-7,10H,8-9H2,1-2H3,(H2,15,16,18,19)/t10-/m0/s1. The van der Waals surface area contributed by atoms with Gasteiger partial charge in [-0.25, -0.2) is 4.79 Å². The Kier molecular flexibility index (Phi) is 6.22. The number of aryl methyl sites for hydroxylation is 1. The number of ether oxygens (including phenoxy) is 1. The molecule has 108 valence electrons. The van der Waals surface area contributed by atoms with E-state index in [-0.39, 0.29) is 6.42 Å². The lowest BCUT2D eigenvalue weighted by molar-refractivity contribution is -0.154. The Morgan fingerprint density at radius 2 is 1.85 bits per heavy atom. The number of esters is 1. The zero-order chi connectivity index (χ0) is 15.0. The molecule has 3 amide bonds. The first-order chi connectivity index (χ1) is 9.52. The minimum absolute atomic E-state index is 0.182. The highest BCUT2D eigenvalue weighted by Crippen LogP contribution is 2.04. The van der Waals surface area contributed by atoms with E-state index in [0.29, 0.717) is 6.42 Å². The second-order valence-electron chi connectivity index (χ2n) is 4.19. The van der Waals surface area contributed by atoms with Crippen molar-refractivity contribution in [2.75, 3.05) is 7.05 Å². The minimum Gasteiger partial charge on any atom is -0.453 e. The molecule has 0 bridgehead atoms. The van der Waals surface area contributed by atoms with Crippen molar-refractivity contribution in [1.82, 2.24) is 10.6 Å². The quantitative estimate of drug-likeness (QED) is 0.787. The molecule has 0 heterocycles. The van der Waals surface area contributed by atoms with E-state index in [2.05, 4.69) is 5.32 Å². The van der Waals surface area contributed by atoms with E-state index < -0.39 is 24.0 Å². The van der Waals surface area contributed by atoms with Gasteiger partial charge in [-0.05, 0) is 18.9 Å². The average Bonchev–Trinajstić information content (AvgIpc) is 2.45. The normalized spacial score (nSPS) is 11.3. The molecule has 0 unspecified atom stereocenters. The molecule has 6 heteroatoms. The minimum atomic E-state index is -1.00. The van der Waals surface area contributed by atoms with Gasteiger partial charge in [0.15, 0.2) is 6.10 Å². The summed E-state index contributed by atoms with van der Waals surface area (Å²) in [6, 6.07) is 8.86. The number of nitrogens with one attached hydrogen (secondary N) is 2. The number of carbonyl (C=O) groups is 3. The number of rotatable bonds is 5. The molecule has 1 aromatic rings. The van der Waals surface area contributed by atoms with Gasteiger partial charge in [0.05, 0.1) is 0 Å². The molecular weight excluding hydrogens is 260 g/mol. The summed E-state index contributed by atoms with van der Waals surface area (Å²) in [5, 5.41) is 4.28. The summed E-state index contributed by atoms with van der Waals surface area (Å²) in [6.07, 6.45) is -0.277.